The van der Waals surface area contributed by atoms with E-state index in [1.165, 1.54) is 6.08 Å². The molecule has 0 fully saturated rings. The summed E-state index contributed by atoms with van der Waals surface area (Å²) in [6.07, 6.45) is 5.74. The maximum Gasteiger partial charge on any atom is 0.142 e. The predicted octanol–water partition coefficient (Wildman–Crippen LogP) is 0.692. The zero-order valence-corrected chi connectivity index (χ0v) is 6.68. The van der Waals surface area contributed by atoms with Gasteiger partial charge in [-0.3, -0.25) is 4.79 Å². The quantitative estimate of drug-likeness (QED) is 0.527. The molecule has 0 bridgehead atoms. The summed E-state index contributed by atoms with van der Waals surface area (Å²) in [6, 6.07) is 3.76. The first-order valence-electron chi connectivity index (χ1n) is 3.76. The molecule has 1 rings (SSSR count). The summed E-state index contributed by atoms with van der Waals surface area (Å²) in [6.45, 7) is 0.669. The molecule has 0 aliphatic heterocycles. The number of allylic oxidation sites excluding steroid dienone is 1. The van der Waals surface area contributed by atoms with Crippen molar-refractivity contribution in [2.75, 3.05) is 6.61 Å². The molecule has 3 heteroatoms. The van der Waals surface area contributed by atoms with Crippen LogP contribution < -0.4 is 0 Å². The first-order valence-corrected chi connectivity index (χ1v) is 3.76. The molecule has 64 valence electrons. The van der Waals surface area contributed by atoms with Gasteiger partial charge in [0.1, 0.15) is 6.29 Å². The molecular weight excluding hydrogens is 154 g/mol. The topological polar surface area (TPSA) is 42.2 Å². The summed E-state index contributed by atoms with van der Waals surface area (Å²) < 4.78 is 1.88. The SMILES string of the molecule is O=C/C=C/c1cccn1CCO. The van der Waals surface area contributed by atoms with Gasteiger partial charge in [0.25, 0.3) is 0 Å². The normalized spacial score (nSPS) is 10.8. The van der Waals surface area contributed by atoms with Crippen molar-refractivity contribution in [3.8, 4) is 0 Å². The Balaban J connectivity index is 2.76. The van der Waals surface area contributed by atoms with Crippen molar-refractivity contribution in [3.05, 3.63) is 30.1 Å². The van der Waals surface area contributed by atoms with Gasteiger partial charge in [-0.25, -0.2) is 0 Å². The molecule has 12 heavy (non-hydrogen) atoms. The fourth-order valence-electron chi connectivity index (χ4n) is 1.03. The van der Waals surface area contributed by atoms with Crippen LogP contribution in [-0.2, 0) is 11.3 Å². The number of rotatable bonds is 4. The molecular formula is C9H11NO2. The highest BCUT2D eigenvalue weighted by Crippen LogP contribution is 2.03. The van der Waals surface area contributed by atoms with E-state index < -0.39 is 0 Å². The monoisotopic (exact) mass is 165 g/mol. The molecule has 0 saturated carbocycles. The van der Waals surface area contributed by atoms with E-state index in [2.05, 4.69) is 0 Å². The van der Waals surface area contributed by atoms with Gasteiger partial charge in [-0.15, -0.1) is 0 Å². The lowest BCUT2D eigenvalue weighted by molar-refractivity contribution is -0.104. The maximum atomic E-state index is 10.0. The maximum absolute atomic E-state index is 10.0. The Morgan fingerprint density at radius 1 is 1.58 bits per heavy atom. The van der Waals surface area contributed by atoms with E-state index in [-0.39, 0.29) is 6.61 Å². The van der Waals surface area contributed by atoms with Crippen LogP contribution in [0.2, 0.25) is 0 Å². The van der Waals surface area contributed by atoms with Crippen LogP contribution in [0.4, 0.5) is 0 Å². The number of aliphatic hydroxyl groups excluding tert-OH is 1. The molecule has 0 unspecified atom stereocenters. The van der Waals surface area contributed by atoms with Crippen LogP contribution in [0, 0.1) is 0 Å². The summed E-state index contributed by atoms with van der Waals surface area (Å²) >= 11 is 0. The molecule has 0 saturated heterocycles. The van der Waals surface area contributed by atoms with E-state index in [1.807, 2.05) is 22.9 Å². The minimum absolute atomic E-state index is 0.108. The van der Waals surface area contributed by atoms with Gasteiger partial charge in [0.2, 0.25) is 0 Å². The zero-order valence-electron chi connectivity index (χ0n) is 6.68. The van der Waals surface area contributed by atoms with Crippen LogP contribution in [0.25, 0.3) is 6.08 Å². The summed E-state index contributed by atoms with van der Waals surface area (Å²) in [5.41, 5.74) is 0.927. The minimum Gasteiger partial charge on any atom is -0.395 e. The van der Waals surface area contributed by atoms with Gasteiger partial charge < -0.3 is 9.67 Å². The van der Waals surface area contributed by atoms with Crippen LogP contribution in [0.5, 0.6) is 0 Å². The smallest absolute Gasteiger partial charge is 0.142 e. The van der Waals surface area contributed by atoms with E-state index in [0.717, 1.165) is 12.0 Å². The minimum atomic E-state index is 0.108. The first kappa shape index (κ1) is 8.74. The zero-order chi connectivity index (χ0) is 8.81. The van der Waals surface area contributed by atoms with Crippen molar-refractivity contribution in [1.82, 2.24) is 4.57 Å². The van der Waals surface area contributed by atoms with Crippen molar-refractivity contribution in [2.45, 2.75) is 6.54 Å². The van der Waals surface area contributed by atoms with Crippen LogP contribution in [0.1, 0.15) is 5.69 Å². The average Bonchev–Trinajstić information content (AvgIpc) is 2.50. The standard InChI is InChI=1S/C9H11NO2/c11-7-2-4-9-3-1-5-10(9)6-8-12/h1-5,7,12H,6,8H2/b4-2+. The first-order chi connectivity index (χ1) is 5.88. The van der Waals surface area contributed by atoms with Crippen molar-refractivity contribution in [3.63, 3.8) is 0 Å². The summed E-state index contributed by atoms with van der Waals surface area (Å²) in [4.78, 5) is 10.0. The molecule has 0 amide bonds. The van der Waals surface area contributed by atoms with E-state index in [9.17, 15) is 4.79 Å². The van der Waals surface area contributed by atoms with E-state index in [4.69, 9.17) is 5.11 Å². The third-order valence-corrected chi connectivity index (χ3v) is 1.55. The molecule has 3 nitrogen and oxygen atoms in total. The van der Waals surface area contributed by atoms with Gasteiger partial charge in [-0.2, -0.15) is 0 Å². The molecule has 1 N–H and O–H groups in total. The number of hydrogen-bond acceptors (Lipinski definition) is 2. The number of aromatic nitrogens is 1. The number of aldehydes is 1. The number of aliphatic hydroxyl groups is 1. The lowest BCUT2D eigenvalue weighted by Crippen LogP contribution is -2.01. The molecule has 0 radical (unpaired) electrons. The highest BCUT2D eigenvalue weighted by molar-refractivity contribution is 5.73. The second-order valence-corrected chi connectivity index (χ2v) is 2.35. The number of hydrogen-bond donors (Lipinski definition) is 1. The van der Waals surface area contributed by atoms with E-state index in [0.29, 0.717) is 6.54 Å². The molecule has 0 aromatic carbocycles. The Labute approximate surface area is 70.9 Å². The van der Waals surface area contributed by atoms with Crippen molar-refractivity contribution < 1.29 is 9.90 Å². The Bertz CT molecular complexity index is 276. The second-order valence-electron chi connectivity index (χ2n) is 2.35. The van der Waals surface area contributed by atoms with Crippen LogP contribution in [-0.4, -0.2) is 22.6 Å². The highest BCUT2D eigenvalue weighted by Gasteiger charge is 1.94. The van der Waals surface area contributed by atoms with Crippen LogP contribution in [0.15, 0.2) is 24.4 Å². The second kappa shape index (κ2) is 4.51. The Morgan fingerprint density at radius 2 is 2.42 bits per heavy atom. The molecule has 0 aliphatic rings. The van der Waals surface area contributed by atoms with Gasteiger partial charge in [0.15, 0.2) is 0 Å². The lowest BCUT2D eigenvalue weighted by atomic mass is 10.4. The Kier molecular flexibility index (Phi) is 3.29. The van der Waals surface area contributed by atoms with E-state index >= 15 is 0 Å². The van der Waals surface area contributed by atoms with Gasteiger partial charge in [-0.1, -0.05) is 0 Å². The number of carbonyl (C=O) groups is 1. The third-order valence-electron chi connectivity index (χ3n) is 1.55. The fourth-order valence-corrected chi connectivity index (χ4v) is 1.03. The molecule has 1 aromatic heterocycles. The predicted molar refractivity (Wildman–Crippen MR) is 46.6 cm³/mol. The van der Waals surface area contributed by atoms with Crippen LogP contribution >= 0.6 is 0 Å². The van der Waals surface area contributed by atoms with Gasteiger partial charge in [-0.05, 0) is 24.3 Å². The summed E-state index contributed by atoms with van der Waals surface area (Å²) in [5.74, 6) is 0. The third kappa shape index (κ3) is 2.07. The highest BCUT2D eigenvalue weighted by atomic mass is 16.3. The molecule has 0 spiro atoms. The largest absolute Gasteiger partial charge is 0.395 e. The van der Waals surface area contributed by atoms with Gasteiger partial charge in [0.05, 0.1) is 6.61 Å². The van der Waals surface area contributed by atoms with Crippen molar-refractivity contribution >= 4 is 12.4 Å². The Hall–Kier alpha value is -1.35. The number of nitrogens with zero attached hydrogens (tertiary/aromatic N) is 1. The fraction of sp³-hybridized carbons (Fsp3) is 0.222. The average molecular weight is 165 g/mol. The summed E-state index contributed by atoms with van der Waals surface area (Å²) in [5, 5.41) is 8.67. The molecule has 0 aliphatic carbocycles. The van der Waals surface area contributed by atoms with Crippen molar-refractivity contribution in [1.29, 1.82) is 0 Å². The molecule has 0 atom stereocenters. The summed E-state index contributed by atoms with van der Waals surface area (Å²) in [7, 11) is 0. The Morgan fingerprint density at radius 3 is 3.08 bits per heavy atom. The lowest BCUT2D eigenvalue weighted by Gasteiger charge is -2.01. The van der Waals surface area contributed by atoms with Gasteiger partial charge in [0, 0.05) is 18.4 Å². The van der Waals surface area contributed by atoms with E-state index in [1.54, 1.807) is 6.08 Å². The van der Waals surface area contributed by atoms with Crippen LogP contribution in [0.3, 0.4) is 0 Å². The molecule has 1 heterocycles. The molecule has 1 aromatic rings. The number of carbonyl (C=O) groups excluding carboxylic acids is 1. The van der Waals surface area contributed by atoms with Crippen molar-refractivity contribution in [2.24, 2.45) is 0 Å². The van der Waals surface area contributed by atoms with Gasteiger partial charge >= 0.3 is 0 Å².